The number of hydrogen-bond acceptors (Lipinski definition) is 3. The molecule has 0 bridgehead atoms. The van der Waals surface area contributed by atoms with Gasteiger partial charge in [0.05, 0.1) is 23.8 Å². The van der Waals surface area contributed by atoms with Gasteiger partial charge in [0.1, 0.15) is 5.82 Å². The van der Waals surface area contributed by atoms with Crippen LogP contribution in [-0.4, -0.2) is 32.2 Å². The fourth-order valence-corrected chi connectivity index (χ4v) is 3.00. The highest BCUT2D eigenvalue weighted by molar-refractivity contribution is 6.33. The van der Waals surface area contributed by atoms with Crippen molar-refractivity contribution in [2.24, 2.45) is 0 Å². The molecule has 1 N–H and O–H groups in total. The Balaban J connectivity index is 1.74. The highest BCUT2D eigenvalue weighted by Gasteiger charge is 2.17. The van der Waals surface area contributed by atoms with Crippen molar-refractivity contribution in [1.82, 2.24) is 5.32 Å². The summed E-state index contributed by atoms with van der Waals surface area (Å²) in [5.41, 5.74) is 1.91. The first-order chi connectivity index (χ1) is 11.7. The van der Waals surface area contributed by atoms with Crippen molar-refractivity contribution in [3.05, 3.63) is 64.4 Å². The Hall–Kier alpha value is -2.11. The minimum absolute atomic E-state index is 0.106. The number of morpholine rings is 1. The molecule has 6 heteroatoms. The average molecular weight is 349 g/mol. The predicted octanol–water partition coefficient (Wildman–Crippen LogP) is 3.25. The predicted molar refractivity (Wildman–Crippen MR) is 92.1 cm³/mol. The third-order valence-corrected chi connectivity index (χ3v) is 4.29. The molecule has 2 aromatic carbocycles. The molecule has 0 aliphatic carbocycles. The number of amides is 1. The molecule has 24 heavy (non-hydrogen) atoms. The molecule has 126 valence electrons. The third kappa shape index (κ3) is 3.68. The molecule has 4 nitrogen and oxygen atoms in total. The summed E-state index contributed by atoms with van der Waals surface area (Å²) in [6, 6.07) is 12.0. The second kappa shape index (κ2) is 7.64. The highest BCUT2D eigenvalue weighted by atomic mass is 35.5. The second-order valence-electron chi connectivity index (χ2n) is 5.51. The van der Waals surface area contributed by atoms with Crippen LogP contribution >= 0.6 is 11.6 Å². The van der Waals surface area contributed by atoms with Crippen LogP contribution in [0.5, 0.6) is 0 Å². The van der Waals surface area contributed by atoms with Crippen molar-refractivity contribution in [3.8, 4) is 0 Å². The number of anilines is 1. The molecule has 3 rings (SSSR count). The van der Waals surface area contributed by atoms with E-state index in [4.69, 9.17) is 16.3 Å². The van der Waals surface area contributed by atoms with E-state index < -0.39 is 11.7 Å². The van der Waals surface area contributed by atoms with Gasteiger partial charge in [0.15, 0.2) is 0 Å². The Morgan fingerprint density at radius 2 is 1.92 bits per heavy atom. The number of rotatable bonds is 4. The van der Waals surface area contributed by atoms with Gasteiger partial charge in [-0.1, -0.05) is 35.9 Å². The number of carbonyl (C=O) groups is 1. The van der Waals surface area contributed by atoms with E-state index >= 15 is 0 Å². The molecule has 1 aliphatic heterocycles. The molecule has 1 heterocycles. The van der Waals surface area contributed by atoms with Crippen molar-refractivity contribution in [1.29, 1.82) is 0 Å². The first kappa shape index (κ1) is 16.7. The number of nitrogens with zero attached hydrogens (tertiary/aromatic N) is 1. The van der Waals surface area contributed by atoms with Crippen LogP contribution in [0.3, 0.4) is 0 Å². The molecule has 1 saturated heterocycles. The maximum Gasteiger partial charge on any atom is 0.256 e. The van der Waals surface area contributed by atoms with Gasteiger partial charge in [-0.3, -0.25) is 4.79 Å². The van der Waals surface area contributed by atoms with Gasteiger partial charge < -0.3 is 15.0 Å². The second-order valence-corrected chi connectivity index (χ2v) is 5.91. The molecule has 0 unspecified atom stereocenters. The molecular weight excluding hydrogens is 331 g/mol. The smallest absolute Gasteiger partial charge is 0.256 e. The van der Waals surface area contributed by atoms with E-state index in [2.05, 4.69) is 10.2 Å². The Kier molecular flexibility index (Phi) is 5.33. The lowest BCUT2D eigenvalue weighted by Crippen LogP contribution is -2.37. The van der Waals surface area contributed by atoms with Crippen LogP contribution in [0.2, 0.25) is 5.02 Å². The van der Waals surface area contributed by atoms with Gasteiger partial charge in [-0.05, 0) is 23.8 Å². The molecule has 1 amide bonds. The maximum atomic E-state index is 13.8. The summed E-state index contributed by atoms with van der Waals surface area (Å²) in [4.78, 5) is 14.5. The summed E-state index contributed by atoms with van der Waals surface area (Å²) in [7, 11) is 0. The molecular formula is C18H18ClFN2O2. The van der Waals surface area contributed by atoms with Gasteiger partial charge in [-0.25, -0.2) is 4.39 Å². The van der Waals surface area contributed by atoms with Crippen LogP contribution < -0.4 is 10.2 Å². The molecule has 0 aromatic heterocycles. The zero-order chi connectivity index (χ0) is 16.9. The number of ether oxygens (including phenoxy) is 1. The molecule has 1 aliphatic rings. The van der Waals surface area contributed by atoms with E-state index in [1.54, 1.807) is 0 Å². The third-order valence-electron chi connectivity index (χ3n) is 3.97. The van der Waals surface area contributed by atoms with Crippen LogP contribution in [0.15, 0.2) is 42.5 Å². The zero-order valence-corrected chi connectivity index (χ0v) is 13.9. The number of halogens is 2. The Morgan fingerprint density at radius 3 is 2.67 bits per heavy atom. The molecule has 1 fully saturated rings. The van der Waals surface area contributed by atoms with Crippen molar-refractivity contribution in [3.63, 3.8) is 0 Å². The Labute approximate surface area is 145 Å². The standard InChI is InChI=1S/C18H18ClFN2O2/c19-14-5-3-6-15(20)17(14)18(23)21-12-13-4-1-2-7-16(13)22-8-10-24-11-9-22/h1-7H,8-12H2,(H,21,23). The normalized spacial score (nSPS) is 14.5. The number of hydrogen-bond donors (Lipinski definition) is 1. The topological polar surface area (TPSA) is 41.6 Å². The fourth-order valence-electron chi connectivity index (χ4n) is 2.75. The highest BCUT2D eigenvalue weighted by Crippen LogP contribution is 2.22. The van der Waals surface area contributed by atoms with Crippen LogP contribution in [-0.2, 0) is 11.3 Å². The number of nitrogens with one attached hydrogen (secondary N) is 1. The van der Waals surface area contributed by atoms with Crippen molar-refractivity contribution in [2.75, 3.05) is 31.2 Å². The summed E-state index contributed by atoms with van der Waals surface area (Å²) in [5.74, 6) is -1.14. The SMILES string of the molecule is O=C(NCc1ccccc1N1CCOCC1)c1c(F)cccc1Cl. The summed E-state index contributed by atoms with van der Waals surface area (Å²) >= 11 is 5.94. The first-order valence-corrected chi connectivity index (χ1v) is 8.17. The number of carbonyl (C=O) groups excluding carboxylic acids is 1. The average Bonchev–Trinajstić information content (AvgIpc) is 2.61. The minimum Gasteiger partial charge on any atom is -0.378 e. The Morgan fingerprint density at radius 1 is 1.17 bits per heavy atom. The van der Waals surface area contributed by atoms with Gasteiger partial charge in [-0.2, -0.15) is 0 Å². The van der Waals surface area contributed by atoms with Crippen molar-refractivity contribution in [2.45, 2.75) is 6.54 Å². The number of para-hydroxylation sites is 1. The monoisotopic (exact) mass is 348 g/mol. The number of benzene rings is 2. The van der Waals surface area contributed by atoms with E-state index in [-0.39, 0.29) is 10.6 Å². The largest absolute Gasteiger partial charge is 0.378 e. The van der Waals surface area contributed by atoms with Gasteiger partial charge in [-0.15, -0.1) is 0 Å². The lowest BCUT2D eigenvalue weighted by atomic mass is 10.1. The van der Waals surface area contributed by atoms with Gasteiger partial charge >= 0.3 is 0 Å². The van der Waals surface area contributed by atoms with Crippen LogP contribution in [0, 0.1) is 5.82 Å². The Bertz CT molecular complexity index is 712. The first-order valence-electron chi connectivity index (χ1n) is 7.79. The van der Waals surface area contributed by atoms with Crippen molar-refractivity contribution < 1.29 is 13.9 Å². The zero-order valence-electron chi connectivity index (χ0n) is 13.1. The molecule has 2 aromatic rings. The lowest BCUT2D eigenvalue weighted by molar-refractivity contribution is 0.0947. The van der Waals surface area contributed by atoms with Gasteiger partial charge in [0, 0.05) is 25.3 Å². The van der Waals surface area contributed by atoms with Crippen molar-refractivity contribution >= 4 is 23.2 Å². The molecule has 0 saturated carbocycles. The molecule has 0 radical (unpaired) electrons. The van der Waals surface area contributed by atoms with E-state index in [1.165, 1.54) is 18.2 Å². The van der Waals surface area contributed by atoms with E-state index in [0.717, 1.165) is 24.3 Å². The fraction of sp³-hybridized carbons (Fsp3) is 0.278. The lowest BCUT2D eigenvalue weighted by Gasteiger charge is -2.30. The van der Waals surface area contributed by atoms with E-state index in [9.17, 15) is 9.18 Å². The summed E-state index contributed by atoms with van der Waals surface area (Å²) < 4.78 is 19.2. The summed E-state index contributed by atoms with van der Waals surface area (Å²) in [6.45, 7) is 3.29. The maximum absolute atomic E-state index is 13.8. The van der Waals surface area contributed by atoms with Gasteiger partial charge in [0.2, 0.25) is 0 Å². The minimum atomic E-state index is -0.624. The summed E-state index contributed by atoms with van der Waals surface area (Å²) in [6.07, 6.45) is 0. The van der Waals surface area contributed by atoms with Crippen LogP contribution in [0.4, 0.5) is 10.1 Å². The molecule has 0 atom stereocenters. The van der Waals surface area contributed by atoms with Crippen LogP contribution in [0.25, 0.3) is 0 Å². The summed E-state index contributed by atoms with van der Waals surface area (Å²) in [5, 5.41) is 2.86. The van der Waals surface area contributed by atoms with E-state index in [1.807, 2.05) is 24.3 Å². The molecule has 0 spiro atoms. The van der Waals surface area contributed by atoms with Crippen LogP contribution in [0.1, 0.15) is 15.9 Å². The quantitative estimate of drug-likeness (QED) is 0.922. The van der Waals surface area contributed by atoms with E-state index in [0.29, 0.717) is 19.8 Å². The van der Waals surface area contributed by atoms with Gasteiger partial charge in [0.25, 0.3) is 5.91 Å².